The van der Waals surface area contributed by atoms with E-state index in [1.54, 1.807) is 24.1 Å². The molecule has 0 saturated carbocycles. The summed E-state index contributed by atoms with van der Waals surface area (Å²) in [6, 6.07) is 4.59. The predicted molar refractivity (Wildman–Crippen MR) is 94.5 cm³/mol. The number of nitrogens with zero attached hydrogens (tertiary/aromatic N) is 1. The molecule has 1 aromatic rings. The Morgan fingerprint density at radius 3 is 2.87 bits per heavy atom. The number of rotatable bonds is 5. The van der Waals surface area contributed by atoms with Crippen LogP contribution in [0.4, 0.5) is 4.39 Å². The van der Waals surface area contributed by atoms with Crippen molar-refractivity contribution in [2.75, 3.05) is 20.1 Å². The number of hydrogen-bond donors (Lipinski definition) is 1. The second kappa shape index (κ2) is 9.45. The quantitative estimate of drug-likeness (QED) is 0.861. The van der Waals surface area contributed by atoms with Crippen LogP contribution < -0.4 is 5.32 Å². The molecule has 0 aromatic heterocycles. The number of hydrogen-bond acceptors (Lipinski definition) is 2. The van der Waals surface area contributed by atoms with Crippen LogP contribution in [-0.2, 0) is 11.3 Å². The van der Waals surface area contributed by atoms with Crippen LogP contribution in [-0.4, -0.2) is 30.9 Å². The van der Waals surface area contributed by atoms with Crippen molar-refractivity contribution in [1.82, 2.24) is 10.2 Å². The highest BCUT2D eigenvalue weighted by atomic mass is 35.5. The van der Waals surface area contributed by atoms with Gasteiger partial charge in [-0.3, -0.25) is 4.79 Å². The van der Waals surface area contributed by atoms with E-state index in [9.17, 15) is 9.18 Å². The summed E-state index contributed by atoms with van der Waals surface area (Å²) in [5.41, 5.74) is 0.381. The lowest BCUT2D eigenvalue weighted by molar-refractivity contribution is -0.131. The van der Waals surface area contributed by atoms with E-state index < -0.39 is 0 Å². The van der Waals surface area contributed by atoms with Crippen molar-refractivity contribution in [3.63, 3.8) is 0 Å². The van der Waals surface area contributed by atoms with Crippen LogP contribution in [0, 0.1) is 17.7 Å². The number of nitrogens with one attached hydrogen (secondary N) is 1. The number of carbonyl (C=O) groups is 1. The van der Waals surface area contributed by atoms with Gasteiger partial charge in [0.15, 0.2) is 0 Å². The summed E-state index contributed by atoms with van der Waals surface area (Å²) in [7, 11) is 1.71. The van der Waals surface area contributed by atoms with Gasteiger partial charge in [-0.2, -0.15) is 0 Å². The molecule has 1 aliphatic heterocycles. The van der Waals surface area contributed by atoms with Crippen molar-refractivity contribution in [3.8, 4) is 0 Å². The van der Waals surface area contributed by atoms with Crippen LogP contribution in [0.3, 0.4) is 0 Å². The molecule has 1 amide bonds. The van der Waals surface area contributed by atoms with Crippen molar-refractivity contribution in [3.05, 3.63) is 34.6 Å². The summed E-state index contributed by atoms with van der Waals surface area (Å²) in [6.07, 6.45) is 2.84. The van der Waals surface area contributed by atoms with Crippen molar-refractivity contribution < 1.29 is 9.18 Å². The minimum atomic E-state index is -0.364. The van der Waals surface area contributed by atoms with E-state index in [2.05, 4.69) is 12.2 Å². The molecule has 130 valence electrons. The Labute approximate surface area is 149 Å². The van der Waals surface area contributed by atoms with Gasteiger partial charge in [-0.15, -0.1) is 12.4 Å². The Kier molecular flexibility index (Phi) is 8.31. The number of halogens is 3. The van der Waals surface area contributed by atoms with Crippen LogP contribution in [0.5, 0.6) is 0 Å². The molecule has 6 heteroatoms. The number of benzene rings is 1. The van der Waals surface area contributed by atoms with E-state index in [0.717, 1.165) is 13.1 Å². The molecule has 1 aromatic carbocycles. The first kappa shape index (κ1) is 20.2. The maximum absolute atomic E-state index is 13.8. The van der Waals surface area contributed by atoms with Gasteiger partial charge < -0.3 is 10.2 Å². The smallest absolute Gasteiger partial charge is 0.222 e. The number of piperidine rings is 1. The normalized spacial score (nSPS) is 18.9. The fourth-order valence-electron chi connectivity index (χ4n) is 2.97. The molecular formula is C17H25Cl2FN2O. The van der Waals surface area contributed by atoms with E-state index in [-0.39, 0.29) is 30.7 Å². The van der Waals surface area contributed by atoms with Crippen molar-refractivity contribution >= 4 is 29.9 Å². The predicted octanol–water partition coefficient (Wildman–Crippen LogP) is 3.89. The Morgan fingerprint density at radius 1 is 1.52 bits per heavy atom. The molecule has 1 fully saturated rings. The summed E-state index contributed by atoms with van der Waals surface area (Å²) in [6.45, 7) is 4.39. The molecule has 1 heterocycles. The summed E-state index contributed by atoms with van der Waals surface area (Å²) in [5, 5.41) is 3.75. The van der Waals surface area contributed by atoms with Gasteiger partial charge in [0, 0.05) is 30.6 Å². The maximum atomic E-state index is 13.8. The van der Waals surface area contributed by atoms with Gasteiger partial charge in [0.25, 0.3) is 0 Å². The summed E-state index contributed by atoms with van der Waals surface area (Å²) < 4.78 is 13.8. The molecule has 23 heavy (non-hydrogen) atoms. The standard InChI is InChI=1S/C17H24ClFN2O.ClH/c1-12(13-5-4-8-20-10-13)9-17(22)21(2)11-14-15(18)6-3-7-16(14)19;/h3,6-7,12-13,20H,4-5,8-11H2,1-2H3;1H. The molecule has 3 nitrogen and oxygen atoms in total. The molecule has 2 atom stereocenters. The lowest BCUT2D eigenvalue weighted by Gasteiger charge is -2.29. The van der Waals surface area contributed by atoms with E-state index in [0.29, 0.717) is 28.8 Å². The third-order valence-electron chi connectivity index (χ3n) is 4.52. The van der Waals surface area contributed by atoms with Crippen LogP contribution in [0.25, 0.3) is 0 Å². The SMILES string of the molecule is CC(CC(=O)N(C)Cc1c(F)cccc1Cl)C1CCCNC1.Cl. The van der Waals surface area contributed by atoms with Gasteiger partial charge in [-0.05, 0) is 49.9 Å². The van der Waals surface area contributed by atoms with E-state index in [4.69, 9.17) is 11.6 Å². The molecule has 1 N–H and O–H groups in total. The third kappa shape index (κ3) is 5.63. The zero-order valence-electron chi connectivity index (χ0n) is 13.6. The Morgan fingerprint density at radius 2 is 2.26 bits per heavy atom. The van der Waals surface area contributed by atoms with Crippen molar-refractivity contribution in [2.24, 2.45) is 11.8 Å². The van der Waals surface area contributed by atoms with Crippen molar-refractivity contribution in [2.45, 2.75) is 32.7 Å². The second-order valence-corrected chi connectivity index (χ2v) is 6.65. The number of amides is 1. The van der Waals surface area contributed by atoms with Crippen molar-refractivity contribution in [1.29, 1.82) is 0 Å². The van der Waals surface area contributed by atoms with E-state index in [1.807, 2.05) is 0 Å². The molecule has 0 radical (unpaired) electrons. The Balaban J connectivity index is 0.00000264. The topological polar surface area (TPSA) is 32.3 Å². The molecule has 0 bridgehead atoms. The monoisotopic (exact) mass is 362 g/mol. The summed E-state index contributed by atoms with van der Waals surface area (Å²) in [5.74, 6) is 0.552. The molecule has 0 aliphatic carbocycles. The van der Waals surface area contributed by atoms with E-state index >= 15 is 0 Å². The summed E-state index contributed by atoms with van der Waals surface area (Å²) in [4.78, 5) is 13.9. The lowest BCUT2D eigenvalue weighted by Crippen LogP contribution is -2.36. The Bertz CT molecular complexity index is 501. The zero-order valence-corrected chi connectivity index (χ0v) is 15.2. The first-order chi connectivity index (χ1) is 10.5. The molecule has 1 aliphatic rings. The van der Waals surface area contributed by atoms with Gasteiger partial charge in [-0.1, -0.05) is 24.6 Å². The molecule has 1 saturated heterocycles. The van der Waals surface area contributed by atoms with Crippen LogP contribution >= 0.6 is 24.0 Å². The largest absolute Gasteiger partial charge is 0.341 e. The minimum Gasteiger partial charge on any atom is -0.341 e. The van der Waals surface area contributed by atoms with E-state index in [1.165, 1.54) is 18.9 Å². The first-order valence-corrected chi connectivity index (χ1v) is 8.24. The van der Waals surface area contributed by atoms with Crippen LogP contribution in [0.15, 0.2) is 18.2 Å². The van der Waals surface area contributed by atoms with Gasteiger partial charge in [0.2, 0.25) is 5.91 Å². The second-order valence-electron chi connectivity index (χ2n) is 6.24. The van der Waals surface area contributed by atoms with Gasteiger partial charge >= 0.3 is 0 Å². The number of carbonyl (C=O) groups excluding carboxylic acids is 1. The first-order valence-electron chi connectivity index (χ1n) is 7.86. The Hall–Kier alpha value is -0.840. The highest BCUT2D eigenvalue weighted by Gasteiger charge is 2.23. The van der Waals surface area contributed by atoms with Gasteiger partial charge in [0.1, 0.15) is 5.82 Å². The van der Waals surface area contributed by atoms with Gasteiger partial charge in [-0.25, -0.2) is 4.39 Å². The zero-order chi connectivity index (χ0) is 16.1. The van der Waals surface area contributed by atoms with Crippen LogP contribution in [0.2, 0.25) is 5.02 Å². The molecule has 0 spiro atoms. The van der Waals surface area contributed by atoms with Crippen LogP contribution in [0.1, 0.15) is 31.7 Å². The fraction of sp³-hybridized carbons (Fsp3) is 0.588. The fourth-order valence-corrected chi connectivity index (χ4v) is 3.19. The maximum Gasteiger partial charge on any atom is 0.222 e. The average Bonchev–Trinajstić information content (AvgIpc) is 2.51. The molecule has 2 rings (SSSR count). The highest BCUT2D eigenvalue weighted by Crippen LogP contribution is 2.24. The molecular weight excluding hydrogens is 338 g/mol. The minimum absolute atomic E-state index is 0. The van der Waals surface area contributed by atoms with Gasteiger partial charge in [0.05, 0.1) is 0 Å². The highest BCUT2D eigenvalue weighted by molar-refractivity contribution is 6.31. The average molecular weight is 363 g/mol. The lowest BCUT2D eigenvalue weighted by atomic mass is 9.85. The third-order valence-corrected chi connectivity index (χ3v) is 4.87. The molecule has 2 unspecified atom stereocenters. The summed E-state index contributed by atoms with van der Waals surface area (Å²) >= 11 is 6.02.